The minimum atomic E-state index is 0.566. The number of hydrogen-bond acceptors (Lipinski definition) is 3. The topological polar surface area (TPSA) is 38.9 Å². The van der Waals surface area contributed by atoms with Crippen LogP contribution in [0.15, 0.2) is 28.1 Å². The third-order valence-corrected chi connectivity index (χ3v) is 4.75. The Morgan fingerprint density at radius 2 is 2.00 bits per heavy atom. The Hall–Kier alpha value is -0.870. The SMILES string of the molecule is CCC(C)c1ccc(-c2nc(N)c(Br)s2)cc1. The van der Waals surface area contributed by atoms with Crippen molar-refractivity contribution in [2.24, 2.45) is 0 Å². The van der Waals surface area contributed by atoms with Crippen molar-refractivity contribution in [1.82, 2.24) is 4.98 Å². The first-order chi connectivity index (χ1) is 8.11. The lowest BCUT2D eigenvalue weighted by Crippen LogP contribution is -1.90. The number of aromatic nitrogens is 1. The smallest absolute Gasteiger partial charge is 0.149 e. The summed E-state index contributed by atoms with van der Waals surface area (Å²) in [7, 11) is 0. The molecule has 4 heteroatoms. The van der Waals surface area contributed by atoms with Crippen LogP contribution in [0.5, 0.6) is 0 Å². The number of rotatable bonds is 3. The molecule has 2 aromatic rings. The van der Waals surface area contributed by atoms with Crippen LogP contribution in [0, 0.1) is 0 Å². The van der Waals surface area contributed by atoms with Gasteiger partial charge in [-0.05, 0) is 33.8 Å². The number of hydrogen-bond donors (Lipinski definition) is 1. The Morgan fingerprint density at radius 1 is 1.35 bits per heavy atom. The number of nitrogens with two attached hydrogens (primary N) is 1. The third kappa shape index (κ3) is 2.69. The second-order valence-corrected chi connectivity index (χ2v) is 6.43. The molecule has 0 aliphatic heterocycles. The van der Waals surface area contributed by atoms with E-state index in [1.54, 1.807) is 11.3 Å². The van der Waals surface area contributed by atoms with E-state index in [1.165, 1.54) is 5.56 Å². The highest BCUT2D eigenvalue weighted by Crippen LogP contribution is 2.34. The largest absolute Gasteiger partial charge is 0.382 e. The lowest BCUT2D eigenvalue weighted by molar-refractivity contribution is 0.734. The maximum absolute atomic E-state index is 5.73. The first-order valence-corrected chi connectivity index (χ1v) is 7.25. The third-order valence-electron chi connectivity index (χ3n) is 2.95. The highest BCUT2D eigenvalue weighted by Gasteiger charge is 2.08. The normalized spacial score (nSPS) is 12.6. The molecule has 0 aliphatic rings. The van der Waals surface area contributed by atoms with Crippen LogP contribution >= 0.6 is 27.3 Å². The van der Waals surface area contributed by atoms with Crippen molar-refractivity contribution in [3.63, 3.8) is 0 Å². The quantitative estimate of drug-likeness (QED) is 0.894. The summed E-state index contributed by atoms with van der Waals surface area (Å²) in [5, 5.41) is 0.963. The standard InChI is InChI=1S/C13H15BrN2S/c1-3-8(2)9-4-6-10(7-5-9)13-16-12(15)11(14)17-13/h4-8H,3,15H2,1-2H3. The number of halogens is 1. The van der Waals surface area contributed by atoms with Gasteiger partial charge in [0.2, 0.25) is 0 Å². The lowest BCUT2D eigenvalue weighted by atomic mass is 9.98. The number of nitrogen functional groups attached to an aromatic ring is 1. The van der Waals surface area contributed by atoms with Crippen molar-refractivity contribution in [1.29, 1.82) is 0 Å². The average Bonchev–Trinajstić information content (AvgIpc) is 2.69. The summed E-state index contributed by atoms with van der Waals surface area (Å²) < 4.78 is 0.901. The Morgan fingerprint density at radius 3 is 2.47 bits per heavy atom. The van der Waals surface area contributed by atoms with Crippen LogP contribution in [-0.2, 0) is 0 Å². The molecule has 0 saturated carbocycles. The maximum Gasteiger partial charge on any atom is 0.149 e. The molecule has 1 unspecified atom stereocenters. The summed E-state index contributed by atoms with van der Waals surface area (Å²) in [6.45, 7) is 4.45. The average molecular weight is 311 g/mol. The van der Waals surface area contributed by atoms with E-state index < -0.39 is 0 Å². The van der Waals surface area contributed by atoms with E-state index in [2.05, 4.69) is 59.0 Å². The molecule has 1 atom stereocenters. The van der Waals surface area contributed by atoms with Gasteiger partial charge in [0.05, 0.1) is 0 Å². The number of thiazole rings is 1. The predicted octanol–water partition coefficient (Wildman–Crippen LogP) is 4.67. The van der Waals surface area contributed by atoms with Crippen molar-refractivity contribution in [3.05, 3.63) is 33.6 Å². The van der Waals surface area contributed by atoms with Gasteiger partial charge in [-0.3, -0.25) is 0 Å². The van der Waals surface area contributed by atoms with Crippen LogP contribution in [0.4, 0.5) is 5.82 Å². The van der Waals surface area contributed by atoms with Crippen molar-refractivity contribution in [3.8, 4) is 10.6 Å². The second-order valence-electron chi connectivity index (χ2n) is 4.11. The fourth-order valence-electron chi connectivity index (χ4n) is 1.63. The molecular weight excluding hydrogens is 296 g/mol. The van der Waals surface area contributed by atoms with E-state index in [4.69, 9.17) is 5.73 Å². The number of nitrogens with zero attached hydrogens (tertiary/aromatic N) is 1. The molecule has 0 aliphatic carbocycles. The molecule has 1 aromatic carbocycles. The molecule has 2 rings (SSSR count). The van der Waals surface area contributed by atoms with Gasteiger partial charge in [-0.2, -0.15) is 0 Å². The Bertz CT molecular complexity index is 485. The Labute approximate surface area is 114 Å². The predicted molar refractivity (Wildman–Crippen MR) is 78.4 cm³/mol. The molecule has 0 saturated heterocycles. The van der Waals surface area contributed by atoms with Crippen molar-refractivity contribution < 1.29 is 0 Å². The summed E-state index contributed by atoms with van der Waals surface area (Å²) in [6.07, 6.45) is 1.16. The van der Waals surface area contributed by atoms with Gasteiger partial charge in [-0.25, -0.2) is 4.98 Å². The molecule has 0 radical (unpaired) electrons. The summed E-state index contributed by atoms with van der Waals surface area (Å²) in [5.74, 6) is 1.17. The van der Waals surface area contributed by atoms with E-state index in [-0.39, 0.29) is 0 Å². The van der Waals surface area contributed by atoms with E-state index in [0.717, 1.165) is 20.8 Å². The van der Waals surface area contributed by atoms with E-state index in [9.17, 15) is 0 Å². The zero-order valence-corrected chi connectivity index (χ0v) is 12.3. The van der Waals surface area contributed by atoms with Crippen molar-refractivity contribution in [2.75, 3.05) is 5.73 Å². The van der Waals surface area contributed by atoms with Crippen molar-refractivity contribution in [2.45, 2.75) is 26.2 Å². The molecule has 17 heavy (non-hydrogen) atoms. The van der Waals surface area contributed by atoms with Gasteiger partial charge in [-0.1, -0.05) is 38.1 Å². The van der Waals surface area contributed by atoms with Crippen LogP contribution in [-0.4, -0.2) is 4.98 Å². The maximum atomic E-state index is 5.73. The first kappa shape index (κ1) is 12.6. The number of benzene rings is 1. The van der Waals surface area contributed by atoms with E-state index in [0.29, 0.717) is 11.7 Å². The van der Waals surface area contributed by atoms with Gasteiger partial charge in [0, 0.05) is 5.56 Å². The van der Waals surface area contributed by atoms with Gasteiger partial charge >= 0.3 is 0 Å². The summed E-state index contributed by atoms with van der Waals surface area (Å²) in [6, 6.07) is 8.59. The lowest BCUT2D eigenvalue weighted by Gasteiger charge is -2.08. The highest BCUT2D eigenvalue weighted by molar-refractivity contribution is 9.11. The molecule has 2 nitrogen and oxygen atoms in total. The highest BCUT2D eigenvalue weighted by atomic mass is 79.9. The van der Waals surface area contributed by atoms with Gasteiger partial charge in [0.1, 0.15) is 14.6 Å². The van der Waals surface area contributed by atoms with Crippen LogP contribution in [0.2, 0.25) is 0 Å². The van der Waals surface area contributed by atoms with Gasteiger partial charge in [0.15, 0.2) is 0 Å². The molecule has 90 valence electrons. The first-order valence-electron chi connectivity index (χ1n) is 5.64. The van der Waals surface area contributed by atoms with Crippen molar-refractivity contribution >= 4 is 33.1 Å². The molecule has 0 spiro atoms. The Balaban J connectivity index is 2.29. The minimum Gasteiger partial charge on any atom is -0.382 e. The second kappa shape index (κ2) is 5.19. The molecule has 1 aromatic heterocycles. The molecule has 0 amide bonds. The fourth-order valence-corrected chi connectivity index (χ4v) is 2.89. The zero-order valence-electron chi connectivity index (χ0n) is 9.90. The van der Waals surface area contributed by atoms with E-state index >= 15 is 0 Å². The van der Waals surface area contributed by atoms with Gasteiger partial charge < -0.3 is 5.73 Å². The molecule has 2 N–H and O–H groups in total. The Kier molecular flexibility index (Phi) is 3.84. The molecule has 0 bridgehead atoms. The zero-order chi connectivity index (χ0) is 12.4. The minimum absolute atomic E-state index is 0.566. The fraction of sp³-hybridized carbons (Fsp3) is 0.308. The van der Waals surface area contributed by atoms with Gasteiger partial charge in [-0.15, -0.1) is 11.3 Å². The summed E-state index contributed by atoms with van der Waals surface area (Å²) in [5.41, 5.74) is 8.23. The summed E-state index contributed by atoms with van der Waals surface area (Å²) in [4.78, 5) is 4.32. The monoisotopic (exact) mass is 310 g/mol. The van der Waals surface area contributed by atoms with Crippen LogP contribution in [0.25, 0.3) is 10.6 Å². The summed E-state index contributed by atoms with van der Waals surface area (Å²) >= 11 is 4.96. The van der Waals surface area contributed by atoms with E-state index in [1.807, 2.05) is 0 Å². The molecule has 1 heterocycles. The van der Waals surface area contributed by atoms with Crippen LogP contribution < -0.4 is 5.73 Å². The number of anilines is 1. The molecular formula is C13H15BrN2S. The van der Waals surface area contributed by atoms with Gasteiger partial charge in [0.25, 0.3) is 0 Å². The van der Waals surface area contributed by atoms with Crippen LogP contribution in [0.1, 0.15) is 31.7 Å². The van der Waals surface area contributed by atoms with Crippen LogP contribution in [0.3, 0.4) is 0 Å². The molecule has 0 fully saturated rings.